The molecule has 0 saturated carbocycles. The van der Waals surface area contributed by atoms with Crippen molar-refractivity contribution in [3.63, 3.8) is 0 Å². The maximum Gasteiger partial charge on any atom is 0.227 e. The Labute approximate surface area is 168 Å². The van der Waals surface area contributed by atoms with E-state index in [1.54, 1.807) is 43.8 Å². The van der Waals surface area contributed by atoms with Crippen molar-refractivity contribution in [2.45, 2.75) is 12.8 Å². The van der Waals surface area contributed by atoms with Gasteiger partial charge in [-0.1, -0.05) is 0 Å². The van der Waals surface area contributed by atoms with E-state index in [1.807, 2.05) is 12.3 Å². The van der Waals surface area contributed by atoms with Crippen molar-refractivity contribution in [1.82, 2.24) is 4.98 Å². The molecule has 146 valence electrons. The maximum absolute atomic E-state index is 12.8. The van der Waals surface area contributed by atoms with Gasteiger partial charge in [-0.25, -0.2) is 4.98 Å². The van der Waals surface area contributed by atoms with Crippen LogP contribution >= 0.6 is 11.3 Å². The number of ether oxygens (including phenoxy) is 2. The molecule has 6 nitrogen and oxygen atoms in total. The molecule has 28 heavy (non-hydrogen) atoms. The third-order valence-electron chi connectivity index (χ3n) is 5.14. The molecule has 0 atom stereocenters. The van der Waals surface area contributed by atoms with Crippen LogP contribution in [0.15, 0.2) is 41.9 Å². The second-order valence-corrected chi connectivity index (χ2v) is 7.77. The van der Waals surface area contributed by atoms with Gasteiger partial charge in [-0.05, 0) is 30.4 Å². The number of aromatic nitrogens is 1. The van der Waals surface area contributed by atoms with Gasteiger partial charge in [-0.3, -0.25) is 4.79 Å². The molecule has 1 amide bonds. The number of carbonyl (C=O) groups excluding carboxylic acids is 1. The highest BCUT2D eigenvalue weighted by Gasteiger charge is 2.26. The standard InChI is InChI=1S/C21H23N3O3S/c1-26-16-11-15(12-17(13-16)27-2)23-21(25)14-4-8-24(9-5-14)20-18-6-10-28-19(18)3-7-22-20/h3,6-7,10-14H,4-5,8-9H2,1-2H3,(H,23,25). The Morgan fingerprint density at radius 3 is 2.54 bits per heavy atom. The van der Waals surface area contributed by atoms with E-state index < -0.39 is 0 Å². The Kier molecular flexibility index (Phi) is 5.34. The lowest BCUT2D eigenvalue weighted by Crippen LogP contribution is -2.38. The van der Waals surface area contributed by atoms with Crippen LogP contribution in [0.25, 0.3) is 10.1 Å². The van der Waals surface area contributed by atoms with Crippen LogP contribution in [0, 0.1) is 5.92 Å². The van der Waals surface area contributed by atoms with Crippen LogP contribution in [0.4, 0.5) is 11.5 Å². The number of nitrogens with one attached hydrogen (secondary N) is 1. The second kappa shape index (κ2) is 8.06. The minimum atomic E-state index is -0.0184. The number of fused-ring (bicyclic) bond motifs is 1. The number of hydrogen-bond acceptors (Lipinski definition) is 6. The third kappa shape index (κ3) is 3.75. The number of benzene rings is 1. The van der Waals surface area contributed by atoms with Gasteiger partial charge >= 0.3 is 0 Å². The molecule has 3 aromatic rings. The van der Waals surface area contributed by atoms with Crippen LogP contribution in [0.2, 0.25) is 0 Å². The van der Waals surface area contributed by atoms with Crippen LogP contribution in [-0.2, 0) is 4.79 Å². The molecule has 1 aliphatic rings. The summed E-state index contributed by atoms with van der Waals surface area (Å²) < 4.78 is 11.8. The van der Waals surface area contributed by atoms with E-state index in [0.29, 0.717) is 17.2 Å². The van der Waals surface area contributed by atoms with Gasteiger partial charge in [0.25, 0.3) is 0 Å². The normalized spacial score (nSPS) is 14.9. The summed E-state index contributed by atoms with van der Waals surface area (Å²) in [4.78, 5) is 19.6. The SMILES string of the molecule is COc1cc(NC(=O)C2CCN(c3nccc4sccc34)CC2)cc(OC)c1. The lowest BCUT2D eigenvalue weighted by Gasteiger charge is -2.32. The number of pyridine rings is 1. The molecule has 1 aliphatic heterocycles. The average Bonchev–Trinajstić information content (AvgIpc) is 3.22. The van der Waals surface area contributed by atoms with Crippen molar-refractivity contribution in [3.05, 3.63) is 41.9 Å². The highest BCUT2D eigenvalue weighted by atomic mass is 32.1. The molecule has 7 heteroatoms. The summed E-state index contributed by atoms with van der Waals surface area (Å²) in [6, 6.07) is 9.56. The van der Waals surface area contributed by atoms with Crippen LogP contribution in [0.3, 0.4) is 0 Å². The molecule has 0 spiro atoms. The number of amides is 1. The number of piperidine rings is 1. The lowest BCUT2D eigenvalue weighted by molar-refractivity contribution is -0.120. The first kappa shape index (κ1) is 18.6. The van der Waals surface area contributed by atoms with Crippen LogP contribution < -0.4 is 19.7 Å². The smallest absolute Gasteiger partial charge is 0.227 e. The van der Waals surface area contributed by atoms with E-state index in [0.717, 1.165) is 31.7 Å². The minimum Gasteiger partial charge on any atom is -0.497 e. The molecule has 1 aromatic carbocycles. The van der Waals surface area contributed by atoms with E-state index in [2.05, 4.69) is 26.6 Å². The quantitative estimate of drug-likeness (QED) is 0.700. The molecule has 0 radical (unpaired) electrons. The molecular weight excluding hydrogens is 374 g/mol. The molecular formula is C21H23N3O3S. The first-order valence-electron chi connectivity index (χ1n) is 9.29. The molecule has 1 fully saturated rings. The zero-order valence-corrected chi connectivity index (χ0v) is 16.8. The highest BCUT2D eigenvalue weighted by molar-refractivity contribution is 7.17. The lowest BCUT2D eigenvalue weighted by atomic mass is 9.95. The Bertz CT molecular complexity index is 958. The van der Waals surface area contributed by atoms with Crippen molar-refractivity contribution >= 4 is 38.8 Å². The predicted molar refractivity (Wildman–Crippen MR) is 113 cm³/mol. The summed E-state index contributed by atoms with van der Waals surface area (Å²) in [5.74, 6) is 2.35. The largest absolute Gasteiger partial charge is 0.497 e. The fourth-order valence-electron chi connectivity index (χ4n) is 3.61. The molecule has 1 N–H and O–H groups in total. The first-order valence-corrected chi connectivity index (χ1v) is 10.2. The van der Waals surface area contributed by atoms with E-state index in [4.69, 9.17) is 9.47 Å². The van der Waals surface area contributed by atoms with Gasteiger partial charge in [0.1, 0.15) is 17.3 Å². The topological polar surface area (TPSA) is 63.7 Å². The highest BCUT2D eigenvalue weighted by Crippen LogP contribution is 2.32. The van der Waals surface area contributed by atoms with Gasteiger partial charge in [0.2, 0.25) is 5.91 Å². The summed E-state index contributed by atoms with van der Waals surface area (Å²) in [5, 5.41) is 6.30. The van der Waals surface area contributed by atoms with E-state index in [9.17, 15) is 4.79 Å². The van der Waals surface area contributed by atoms with Crippen molar-refractivity contribution in [2.24, 2.45) is 5.92 Å². The number of anilines is 2. The van der Waals surface area contributed by atoms with Gasteiger partial charge in [-0.15, -0.1) is 11.3 Å². The summed E-state index contributed by atoms with van der Waals surface area (Å²) in [6.45, 7) is 1.64. The van der Waals surface area contributed by atoms with Gasteiger partial charge < -0.3 is 19.7 Å². The molecule has 0 aliphatic carbocycles. The van der Waals surface area contributed by atoms with Crippen molar-refractivity contribution in [1.29, 1.82) is 0 Å². The Balaban J connectivity index is 1.41. The number of carbonyl (C=O) groups is 1. The second-order valence-electron chi connectivity index (χ2n) is 6.82. The molecule has 0 unspecified atom stereocenters. The minimum absolute atomic E-state index is 0.0184. The van der Waals surface area contributed by atoms with E-state index >= 15 is 0 Å². The van der Waals surface area contributed by atoms with Crippen molar-refractivity contribution < 1.29 is 14.3 Å². The van der Waals surface area contributed by atoms with Crippen LogP contribution in [-0.4, -0.2) is 38.2 Å². The Hall–Kier alpha value is -2.80. The van der Waals surface area contributed by atoms with E-state index in [-0.39, 0.29) is 11.8 Å². The number of methoxy groups -OCH3 is 2. The predicted octanol–water partition coefficient (Wildman–Crippen LogP) is 4.17. The maximum atomic E-state index is 12.8. The van der Waals surface area contributed by atoms with Gasteiger partial charge in [-0.2, -0.15) is 0 Å². The number of thiophene rings is 1. The van der Waals surface area contributed by atoms with Gasteiger partial charge in [0, 0.05) is 59.2 Å². The third-order valence-corrected chi connectivity index (χ3v) is 6.03. The Morgan fingerprint density at radius 2 is 1.86 bits per heavy atom. The van der Waals surface area contributed by atoms with Gasteiger partial charge in [0.15, 0.2) is 0 Å². The molecule has 2 aromatic heterocycles. The number of rotatable bonds is 5. The summed E-state index contributed by atoms with van der Waals surface area (Å²) in [6.07, 6.45) is 3.47. The summed E-state index contributed by atoms with van der Waals surface area (Å²) in [7, 11) is 3.19. The average molecular weight is 398 g/mol. The van der Waals surface area contributed by atoms with Crippen molar-refractivity contribution in [3.8, 4) is 11.5 Å². The molecule has 4 rings (SSSR count). The monoisotopic (exact) mass is 397 g/mol. The van der Waals surface area contributed by atoms with Crippen LogP contribution in [0.5, 0.6) is 11.5 Å². The molecule has 0 bridgehead atoms. The van der Waals surface area contributed by atoms with E-state index in [1.165, 1.54) is 10.1 Å². The van der Waals surface area contributed by atoms with Crippen molar-refractivity contribution in [2.75, 3.05) is 37.5 Å². The molecule has 3 heterocycles. The zero-order valence-electron chi connectivity index (χ0n) is 16.0. The zero-order chi connectivity index (χ0) is 19.5. The fourth-order valence-corrected chi connectivity index (χ4v) is 4.39. The number of nitrogens with zero attached hydrogens (tertiary/aromatic N) is 2. The van der Waals surface area contributed by atoms with Gasteiger partial charge in [0.05, 0.1) is 14.2 Å². The number of hydrogen-bond donors (Lipinski definition) is 1. The first-order chi connectivity index (χ1) is 13.7. The summed E-state index contributed by atoms with van der Waals surface area (Å²) >= 11 is 1.73. The summed E-state index contributed by atoms with van der Waals surface area (Å²) in [5.41, 5.74) is 0.688. The van der Waals surface area contributed by atoms with Crippen LogP contribution in [0.1, 0.15) is 12.8 Å². The Morgan fingerprint density at radius 1 is 1.14 bits per heavy atom. The molecule has 1 saturated heterocycles. The fraction of sp³-hybridized carbons (Fsp3) is 0.333.